The molecule has 0 atom stereocenters. The number of hydrogen-bond donors (Lipinski definition) is 1. The standard InChI is InChI=1S/C15H11ClF7N3O/c1-5-9(16)6(2)26(25-5)4-3-7(27)24-14-12(19)10(17)8(15(21,22)23)11(18)13(14)20/h3-4H2,1-2H3,(H,24,27). The van der Waals surface area contributed by atoms with Crippen LogP contribution in [0.4, 0.5) is 36.4 Å². The van der Waals surface area contributed by atoms with Crippen molar-refractivity contribution in [3.05, 3.63) is 45.2 Å². The summed E-state index contributed by atoms with van der Waals surface area (Å²) in [4.78, 5) is 11.8. The number of aromatic nitrogens is 2. The van der Waals surface area contributed by atoms with E-state index in [1.165, 1.54) is 10.00 Å². The maximum Gasteiger partial charge on any atom is 0.422 e. The maximum absolute atomic E-state index is 13.7. The van der Waals surface area contributed by atoms with E-state index in [2.05, 4.69) is 5.10 Å². The summed E-state index contributed by atoms with van der Waals surface area (Å²) >= 11 is 5.91. The fourth-order valence-electron chi connectivity index (χ4n) is 2.29. The first-order valence-electron chi connectivity index (χ1n) is 7.28. The third-order valence-corrected chi connectivity index (χ3v) is 4.20. The quantitative estimate of drug-likeness (QED) is 0.576. The predicted molar refractivity (Wildman–Crippen MR) is 81.2 cm³/mol. The van der Waals surface area contributed by atoms with E-state index >= 15 is 0 Å². The fourth-order valence-corrected chi connectivity index (χ4v) is 2.43. The van der Waals surface area contributed by atoms with Crippen LogP contribution in [-0.4, -0.2) is 15.7 Å². The highest BCUT2D eigenvalue weighted by Crippen LogP contribution is 2.38. The molecule has 1 heterocycles. The van der Waals surface area contributed by atoms with Crippen LogP contribution in [0.5, 0.6) is 0 Å². The second kappa shape index (κ2) is 7.37. The zero-order valence-electron chi connectivity index (χ0n) is 13.7. The van der Waals surface area contributed by atoms with Gasteiger partial charge in [-0.15, -0.1) is 0 Å². The summed E-state index contributed by atoms with van der Waals surface area (Å²) in [5.74, 6) is -11.1. The number of carbonyl (C=O) groups is 1. The van der Waals surface area contributed by atoms with Gasteiger partial charge in [0.05, 0.1) is 23.0 Å². The molecule has 1 amide bonds. The predicted octanol–water partition coefficient (Wildman–Crippen LogP) is 4.76. The van der Waals surface area contributed by atoms with Gasteiger partial charge in [0.1, 0.15) is 11.3 Å². The summed E-state index contributed by atoms with van der Waals surface area (Å²) < 4.78 is 93.4. The Bertz CT molecular complexity index is 879. The zero-order chi connectivity index (χ0) is 20.7. The number of nitrogens with zero attached hydrogens (tertiary/aromatic N) is 2. The second-order valence-electron chi connectivity index (χ2n) is 5.51. The molecule has 0 fully saturated rings. The highest BCUT2D eigenvalue weighted by Gasteiger charge is 2.42. The van der Waals surface area contributed by atoms with Crippen LogP contribution in [0.25, 0.3) is 0 Å². The summed E-state index contributed by atoms with van der Waals surface area (Å²) in [5.41, 5.74) is -3.38. The largest absolute Gasteiger partial charge is 0.422 e. The molecular weight excluding hydrogens is 407 g/mol. The average Bonchev–Trinajstić information content (AvgIpc) is 2.81. The zero-order valence-corrected chi connectivity index (χ0v) is 14.5. The van der Waals surface area contributed by atoms with Crippen LogP contribution in [-0.2, 0) is 17.5 Å². The van der Waals surface area contributed by atoms with Crippen LogP contribution in [0.15, 0.2) is 0 Å². The Morgan fingerprint density at radius 2 is 1.59 bits per heavy atom. The molecule has 0 aliphatic heterocycles. The minimum Gasteiger partial charge on any atom is -0.321 e. The normalized spacial score (nSPS) is 11.8. The van der Waals surface area contributed by atoms with Crippen LogP contribution >= 0.6 is 11.6 Å². The number of carbonyl (C=O) groups excluding carboxylic acids is 1. The van der Waals surface area contributed by atoms with E-state index in [1.807, 2.05) is 0 Å². The molecule has 1 aromatic carbocycles. The van der Waals surface area contributed by atoms with Crippen molar-refractivity contribution in [3.8, 4) is 0 Å². The second-order valence-corrected chi connectivity index (χ2v) is 5.89. The van der Waals surface area contributed by atoms with E-state index in [0.717, 1.165) is 0 Å². The number of benzene rings is 1. The Labute approximate surface area is 152 Å². The number of nitrogens with one attached hydrogen (secondary N) is 1. The molecule has 2 aromatic rings. The lowest BCUT2D eigenvalue weighted by molar-refractivity contribution is -0.143. The van der Waals surface area contributed by atoms with Gasteiger partial charge in [0, 0.05) is 6.42 Å². The summed E-state index contributed by atoms with van der Waals surface area (Å²) in [6.45, 7) is 3.10. The molecule has 148 valence electrons. The van der Waals surface area contributed by atoms with Crippen molar-refractivity contribution in [2.45, 2.75) is 33.0 Å². The Morgan fingerprint density at radius 1 is 1.07 bits per heavy atom. The number of hydrogen-bond acceptors (Lipinski definition) is 2. The van der Waals surface area contributed by atoms with Crippen molar-refractivity contribution in [3.63, 3.8) is 0 Å². The number of amides is 1. The number of alkyl halides is 3. The van der Waals surface area contributed by atoms with Gasteiger partial charge in [-0.05, 0) is 13.8 Å². The van der Waals surface area contributed by atoms with E-state index in [-0.39, 0.29) is 6.54 Å². The fraction of sp³-hybridized carbons (Fsp3) is 0.333. The molecular formula is C15H11ClF7N3O. The minimum absolute atomic E-state index is 0.0972. The molecule has 1 N–H and O–H groups in total. The van der Waals surface area contributed by atoms with Gasteiger partial charge >= 0.3 is 6.18 Å². The van der Waals surface area contributed by atoms with Crippen molar-refractivity contribution in [1.82, 2.24) is 9.78 Å². The van der Waals surface area contributed by atoms with Gasteiger partial charge in [0.25, 0.3) is 0 Å². The highest BCUT2D eigenvalue weighted by molar-refractivity contribution is 6.31. The van der Waals surface area contributed by atoms with Crippen LogP contribution in [0.2, 0.25) is 5.02 Å². The van der Waals surface area contributed by atoms with E-state index in [9.17, 15) is 35.5 Å². The van der Waals surface area contributed by atoms with Crippen molar-refractivity contribution in [1.29, 1.82) is 0 Å². The van der Waals surface area contributed by atoms with E-state index < -0.39 is 53.0 Å². The van der Waals surface area contributed by atoms with Gasteiger partial charge in [-0.25, -0.2) is 17.6 Å². The number of halogens is 8. The van der Waals surface area contributed by atoms with E-state index in [1.54, 1.807) is 13.8 Å². The topological polar surface area (TPSA) is 46.9 Å². The van der Waals surface area contributed by atoms with Crippen molar-refractivity contribution in [2.24, 2.45) is 0 Å². The molecule has 27 heavy (non-hydrogen) atoms. The van der Waals surface area contributed by atoms with Crippen molar-refractivity contribution >= 4 is 23.2 Å². The third kappa shape index (κ3) is 4.02. The first kappa shape index (κ1) is 21.0. The minimum atomic E-state index is -5.66. The Kier molecular flexibility index (Phi) is 5.74. The molecule has 0 aliphatic carbocycles. The SMILES string of the molecule is Cc1nn(CCC(=O)Nc2c(F)c(F)c(C(F)(F)F)c(F)c2F)c(C)c1Cl. The molecule has 2 rings (SSSR count). The summed E-state index contributed by atoms with van der Waals surface area (Å²) in [6.07, 6.45) is -6.10. The molecule has 0 radical (unpaired) electrons. The lowest BCUT2D eigenvalue weighted by atomic mass is 10.1. The Morgan fingerprint density at radius 3 is 2.00 bits per heavy atom. The number of rotatable bonds is 4. The first-order valence-corrected chi connectivity index (χ1v) is 7.66. The summed E-state index contributed by atoms with van der Waals surface area (Å²) in [5, 5.41) is 5.89. The molecule has 12 heteroatoms. The van der Waals surface area contributed by atoms with Gasteiger partial charge in [0.15, 0.2) is 23.3 Å². The molecule has 0 saturated carbocycles. The third-order valence-electron chi connectivity index (χ3n) is 3.66. The van der Waals surface area contributed by atoms with Gasteiger partial charge in [0.2, 0.25) is 5.91 Å². The van der Waals surface area contributed by atoms with Crippen molar-refractivity contribution in [2.75, 3.05) is 5.32 Å². The highest BCUT2D eigenvalue weighted by atomic mass is 35.5. The van der Waals surface area contributed by atoms with Gasteiger partial charge < -0.3 is 5.32 Å². The first-order chi connectivity index (χ1) is 12.4. The van der Waals surface area contributed by atoms with E-state index in [0.29, 0.717) is 16.4 Å². The molecule has 4 nitrogen and oxygen atoms in total. The maximum atomic E-state index is 13.7. The van der Waals surface area contributed by atoms with Gasteiger partial charge in [-0.3, -0.25) is 9.48 Å². The molecule has 0 bridgehead atoms. The smallest absolute Gasteiger partial charge is 0.321 e. The van der Waals surface area contributed by atoms with Crippen LogP contribution in [0.3, 0.4) is 0 Å². The molecule has 0 saturated heterocycles. The van der Waals surface area contributed by atoms with Crippen molar-refractivity contribution < 1.29 is 35.5 Å². The summed E-state index contributed by atoms with van der Waals surface area (Å²) in [6, 6.07) is 0. The lowest BCUT2D eigenvalue weighted by Crippen LogP contribution is -2.21. The number of anilines is 1. The molecule has 0 spiro atoms. The molecule has 0 unspecified atom stereocenters. The monoisotopic (exact) mass is 417 g/mol. The van der Waals surface area contributed by atoms with Crippen LogP contribution in [0.1, 0.15) is 23.4 Å². The lowest BCUT2D eigenvalue weighted by Gasteiger charge is -2.14. The van der Waals surface area contributed by atoms with Crippen LogP contribution in [0, 0.1) is 37.1 Å². The van der Waals surface area contributed by atoms with Gasteiger partial charge in [-0.2, -0.15) is 18.3 Å². The van der Waals surface area contributed by atoms with E-state index in [4.69, 9.17) is 11.6 Å². The van der Waals surface area contributed by atoms with Gasteiger partial charge in [-0.1, -0.05) is 11.6 Å². The Hall–Kier alpha value is -2.30. The average molecular weight is 418 g/mol. The Balaban J connectivity index is 2.24. The summed E-state index contributed by atoms with van der Waals surface area (Å²) in [7, 11) is 0. The van der Waals surface area contributed by atoms with Crippen LogP contribution < -0.4 is 5.32 Å². The molecule has 0 aliphatic rings. The molecule has 1 aromatic heterocycles. The number of aryl methyl sites for hydroxylation is 2.